The molecule has 0 amide bonds. The minimum atomic E-state index is 1.23. The number of halogens is 1. The highest BCUT2D eigenvalue weighted by molar-refractivity contribution is 9.10. The van der Waals surface area contributed by atoms with Crippen molar-refractivity contribution in [2.75, 3.05) is 0 Å². The van der Waals surface area contributed by atoms with E-state index in [2.05, 4.69) is 48.0 Å². The molecule has 0 radical (unpaired) electrons. The summed E-state index contributed by atoms with van der Waals surface area (Å²) >= 11 is 7.74. The summed E-state index contributed by atoms with van der Waals surface area (Å²) in [6.07, 6.45) is 13.2. The van der Waals surface area contributed by atoms with Crippen LogP contribution in [0.15, 0.2) is 22.7 Å². The van der Waals surface area contributed by atoms with Gasteiger partial charge in [-0.3, -0.25) is 0 Å². The smallest absolute Gasteiger partial charge is 0.0587 e. The molecule has 0 unspecified atom stereocenters. The van der Waals surface area contributed by atoms with Crippen molar-refractivity contribution in [3.8, 4) is 9.75 Å². The molecule has 2 aromatic heterocycles. The van der Waals surface area contributed by atoms with Gasteiger partial charge in [0.05, 0.1) is 4.88 Å². The lowest BCUT2D eigenvalue weighted by atomic mass is 10.1. The van der Waals surface area contributed by atoms with Gasteiger partial charge < -0.3 is 0 Å². The molecule has 0 aromatic carbocycles. The molecule has 0 N–H and O–H groups in total. The summed E-state index contributed by atoms with van der Waals surface area (Å²) in [5.74, 6) is 0. The van der Waals surface area contributed by atoms with Crippen molar-refractivity contribution in [3.05, 3.63) is 32.4 Å². The Morgan fingerprint density at radius 3 is 2.09 bits per heavy atom. The van der Waals surface area contributed by atoms with Gasteiger partial charge in [0.25, 0.3) is 0 Å². The van der Waals surface area contributed by atoms with E-state index in [1.165, 1.54) is 83.3 Å². The predicted octanol–water partition coefficient (Wildman–Crippen LogP) is 8.48. The van der Waals surface area contributed by atoms with Crippen molar-refractivity contribution in [3.63, 3.8) is 0 Å². The Balaban J connectivity index is 1.91. The fraction of sp³-hybridized carbons (Fsp3) is 0.600. The minimum absolute atomic E-state index is 1.23. The molecule has 0 aliphatic heterocycles. The third-order valence-electron chi connectivity index (χ3n) is 4.18. The van der Waals surface area contributed by atoms with Crippen molar-refractivity contribution in [1.29, 1.82) is 0 Å². The molecule has 0 bridgehead atoms. The molecule has 0 nitrogen and oxygen atoms in total. The Hall–Kier alpha value is -0.120. The molecule has 23 heavy (non-hydrogen) atoms. The van der Waals surface area contributed by atoms with Crippen LogP contribution in [0.25, 0.3) is 9.75 Å². The maximum absolute atomic E-state index is 3.78. The highest BCUT2D eigenvalue weighted by Gasteiger charge is 2.11. The van der Waals surface area contributed by atoms with Gasteiger partial charge >= 0.3 is 0 Å². The van der Waals surface area contributed by atoms with Crippen LogP contribution < -0.4 is 0 Å². The van der Waals surface area contributed by atoms with E-state index in [9.17, 15) is 0 Å². The van der Waals surface area contributed by atoms with Gasteiger partial charge in [-0.1, -0.05) is 52.4 Å². The van der Waals surface area contributed by atoms with E-state index >= 15 is 0 Å². The maximum Gasteiger partial charge on any atom is 0.0587 e. The molecule has 0 fully saturated rings. The topological polar surface area (TPSA) is 0 Å². The molecule has 0 saturated carbocycles. The molecule has 0 aliphatic carbocycles. The van der Waals surface area contributed by atoms with Gasteiger partial charge in [-0.05, 0) is 59.8 Å². The normalized spacial score (nSPS) is 11.3. The first kappa shape index (κ1) is 19.2. The molecule has 0 atom stereocenters. The molecule has 0 spiro atoms. The molecular formula is C20H29BrS2. The van der Waals surface area contributed by atoms with E-state index in [1.54, 1.807) is 4.88 Å². The SMILES string of the molecule is CCCCCCc1ccc(-c2sc(CCCCCC)cc2Br)s1. The number of thiophene rings is 2. The lowest BCUT2D eigenvalue weighted by molar-refractivity contribution is 0.670. The highest BCUT2D eigenvalue weighted by atomic mass is 79.9. The van der Waals surface area contributed by atoms with Crippen LogP contribution >= 0.6 is 38.6 Å². The Labute approximate surface area is 158 Å². The number of rotatable bonds is 11. The Bertz CT molecular complexity index is 568. The van der Waals surface area contributed by atoms with Gasteiger partial charge in [0.2, 0.25) is 0 Å². The van der Waals surface area contributed by atoms with Crippen LogP contribution in [0.5, 0.6) is 0 Å². The summed E-state index contributed by atoms with van der Waals surface area (Å²) in [5, 5.41) is 0. The first-order valence-corrected chi connectivity index (χ1v) is 11.5. The van der Waals surface area contributed by atoms with Crippen LogP contribution in [0, 0.1) is 0 Å². The lowest BCUT2D eigenvalue weighted by Crippen LogP contribution is -1.80. The van der Waals surface area contributed by atoms with E-state index in [-0.39, 0.29) is 0 Å². The molecule has 2 heterocycles. The average Bonchev–Trinajstić information content (AvgIpc) is 3.15. The van der Waals surface area contributed by atoms with E-state index < -0.39 is 0 Å². The lowest BCUT2D eigenvalue weighted by Gasteiger charge is -1.97. The summed E-state index contributed by atoms with van der Waals surface area (Å²) in [5.41, 5.74) is 0. The highest BCUT2D eigenvalue weighted by Crippen LogP contribution is 2.40. The quantitative estimate of drug-likeness (QED) is 0.324. The van der Waals surface area contributed by atoms with Crippen LogP contribution in [-0.4, -0.2) is 0 Å². The second-order valence-electron chi connectivity index (χ2n) is 6.28. The van der Waals surface area contributed by atoms with Gasteiger partial charge in [0, 0.05) is 19.1 Å². The molecule has 0 aliphatic rings. The minimum Gasteiger partial charge on any atom is -0.139 e. The van der Waals surface area contributed by atoms with Crippen LogP contribution in [0.4, 0.5) is 0 Å². The third kappa shape index (κ3) is 6.36. The Morgan fingerprint density at radius 2 is 1.43 bits per heavy atom. The van der Waals surface area contributed by atoms with E-state index in [0.29, 0.717) is 0 Å². The number of hydrogen-bond acceptors (Lipinski definition) is 2. The Morgan fingerprint density at radius 1 is 0.783 bits per heavy atom. The fourth-order valence-electron chi connectivity index (χ4n) is 2.79. The van der Waals surface area contributed by atoms with Gasteiger partial charge in [-0.15, -0.1) is 22.7 Å². The predicted molar refractivity (Wildman–Crippen MR) is 111 cm³/mol. The standard InChI is InChI=1S/C20H29BrS2/c1-3-5-7-9-11-16-13-14-19(22-16)20-18(21)15-17(23-20)12-10-8-6-4-2/h13-15H,3-12H2,1-2H3. The number of unbranched alkanes of at least 4 members (excludes halogenated alkanes) is 6. The van der Waals surface area contributed by atoms with Crippen LogP contribution in [0.3, 0.4) is 0 Å². The van der Waals surface area contributed by atoms with Crippen LogP contribution in [0.2, 0.25) is 0 Å². The van der Waals surface area contributed by atoms with E-state index in [1.807, 2.05) is 22.7 Å². The summed E-state index contributed by atoms with van der Waals surface area (Å²) in [7, 11) is 0. The zero-order valence-corrected chi connectivity index (χ0v) is 17.7. The van der Waals surface area contributed by atoms with Crippen LogP contribution in [0.1, 0.15) is 75.0 Å². The second-order valence-corrected chi connectivity index (χ2v) is 9.44. The first-order valence-electron chi connectivity index (χ1n) is 9.11. The average molecular weight is 413 g/mol. The van der Waals surface area contributed by atoms with Gasteiger partial charge in [-0.25, -0.2) is 0 Å². The van der Waals surface area contributed by atoms with Crippen molar-refractivity contribution in [1.82, 2.24) is 0 Å². The third-order valence-corrected chi connectivity index (χ3v) is 7.58. The zero-order chi connectivity index (χ0) is 16.5. The van der Waals surface area contributed by atoms with Crippen molar-refractivity contribution in [2.24, 2.45) is 0 Å². The van der Waals surface area contributed by atoms with Gasteiger partial charge in [0.15, 0.2) is 0 Å². The summed E-state index contributed by atoms with van der Waals surface area (Å²) < 4.78 is 1.28. The fourth-order valence-corrected chi connectivity index (χ4v) is 6.07. The Kier molecular flexibility index (Phi) is 8.92. The van der Waals surface area contributed by atoms with Gasteiger partial charge in [0.1, 0.15) is 0 Å². The van der Waals surface area contributed by atoms with Gasteiger partial charge in [-0.2, -0.15) is 0 Å². The summed E-state index contributed by atoms with van der Waals surface area (Å²) in [6, 6.07) is 6.99. The molecule has 0 saturated heterocycles. The largest absolute Gasteiger partial charge is 0.139 e. The second kappa shape index (κ2) is 10.7. The van der Waals surface area contributed by atoms with Crippen molar-refractivity contribution >= 4 is 38.6 Å². The first-order chi connectivity index (χ1) is 11.2. The molecule has 2 rings (SSSR count). The molecule has 3 heteroatoms. The van der Waals surface area contributed by atoms with E-state index in [4.69, 9.17) is 0 Å². The molecular weight excluding hydrogens is 384 g/mol. The monoisotopic (exact) mass is 412 g/mol. The molecule has 128 valence electrons. The number of hydrogen-bond donors (Lipinski definition) is 0. The molecule has 2 aromatic rings. The van der Waals surface area contributed by atoms with Crippen molar-refractivity contribution in [2.45, 2.75) is 78.1 Å². The zero-order valence-electron chi connectivity index (χ0n) is 14.5. The summed E-state index contributed by atoms with van der Waals surface area (Å²) in [6.45, 7) is 4.55. The van der Waals surface area contributed by atoms with Crippen LogP contribution in [-0.2, 0) is 12.8 Å². The maximum atomic E-state index is 3.78. The number of aryl methyl sites for hydroxylation is 2. The van der Waals surface area contributed by atoms with E-state index in [0.717, 1.165) is 0 Å². The van der Waals surface area contributed by atoms with Crippen molar-refractivity contribution < 1.29 is 0 Å². The summed E-state index contributed by atoms with van der Waals surface area (Å²) in [4.78, 5) is 5.94.